The molecule has 5 heteroatoms. The molecule has 1 aromatic heterocycles. The Balaban J connectivity index is 1.54. The molecule has 0 saturated heterocycles. The summed E-state index contributed by atoms with van der Waals surface area (Å²) in [7, 11) is 1.96. The number of hydrogen-bond acceptors (Lipinski definition) is 4. The number of carbonyl (C=O) groups is 1. The maximum absolute atomic E-state index is 12.5. The van der Waals surface area contributed by atoms with Crippen LogP contribution in [-0.2, 0) is 17.8 Å². The molecule has 2 aromatic rings. The SMILES string of the molecule is CN(CC(=O)N[C@@H](Cc1ccncc1)C1CC(O)C1)Cc1ccccc1. The van der Waals surface area contributed by atoms with Gasteiger partial charge in [0.25, 0.3) is 0 Å². The number of amides is 1. The molecule has 0 bridgehead atoms. The number of benzene rings is 1. The highest BCUT2D eigenvalue weighted by Gasteiger charge is 2.34. The number of nitrogens with one attached hydrogen (secondary N) is 1. The summed E-state index contributed by atoms with van der Waals surface area (Å²) in [5, 5.41) is 12.8. The van der Waals surface area contributed by atoms with Crippen LogP contribution in [0.2, 0.25) is 0 Å². The number of carbonyl (C=O) groups excluding carboxylic acids is 1. The van der Waals surface area contributed by atoms with Gasteiger partial charge in [-0.15, -0.1) is 0 Å². The third kappa shape index (κ3) is 5.38. The van der Waals surface area contributed by atoms with E-state index in [0.717, 1.165) is 31.4 Å². The Labute approximate surface area is 155 Å². The van der Waals surface area contributed by atoms with Crippen molar-refractivity contribution in [3.63, 3.8) is 0 Å². The van der Waals surface area contributed by atoms with Gasteiger partial charge < -0.3 is 10.4 Å². The summed E-state index contributed by atoms with van der Waals surface area (Å²) in [5.41, 5.74) is 2.35. The molecule has 1 aromatic carbocycles. The van der Waals surface area contributed by atoms with E-state index in [1.807, 2.05) is 42.3 Å². The van der Waals surface area contributed by atoms with Gasteiger partial charge in [-0.05, 0) is 55.5 Å². The van der Waals surface area contributed by atoms with Crippen molar-refractivity contribution in [2.45, 2.75) is 38.0 Å². The minimum atomic E-state index is -0.224. The Morgan fingerprint density at radius 3 is 2.54 bits per heavy atom. The van der Waals surface area contributed by atoms with Crippen molar-refractivity contribution in [2.75, 3.05) is 13.6 Å². The molecule has 0 radical (unpaired) electrons. The monoisotopic (exact) mass is 353 g/mol. The second-order valence-corrected chi connectivity index (χ2v) is 7.28. The standard InChI is InChI=1S/C21H27N3O2/c1-24(14-17-5-3-2-4-6-17)15-21(26)23-20(18-12-19(25)13-18)11-16-7-9-22-10-8-16/h2-10,18-20,25H,11-15H2,1H3,(H,23,26)/t18?,19?,20-/m0/s1. The van der Waals surface area contributed by atoms with E-state index in [1.165, 1.54) is 5.56 Å². The minimum absolute atomic E-state index is 0.0314. The lowest BCUT2D eigenvalue weighted by atomic mass is 9.75. The van der Waals surface area contributed by atoms with Gasteiger partial charge in [0.05, 0.1) is 12.6 Å². The van der Waals surface area contributed by atoms with Crippen LogP contribution in [0.4, 0.5) is 0 Å². The summed E-state index contributed by atoms with van der Waals surface area (Å²) < 4.78 is 0. The van der Waals surface area contributed by atoms with Crippen molar-refractivity contribution in [3.05, 3.63) is 66.0 Å². The molecule has 138 valence electrons. The van der Waals surface area contributed by atoms with Crippen molar-refractivity contribution >= 4 is 5.91 Å². The maximum Gasteiger partial charge on any atom is 0.234 e. The third-order valence-corrected chi connectivity index (χ3v) is 4.98. The topological polar surface area (TPSA) is 65.5 Å². The Morgan fingerprint density at radius 2 is 1.88 bits per heavy atom. The molecule has 2 N–H and O–H groups in total. The molecule has 1 fully saturated rings. The van der Waals surface area contributed by atoms with Crippen molar-refractivity contribution < 1.29 is 9.90 Å². The summed E-state index contributed by atoms with van der Waals surface area (Å²) in [6.07, 6.45) is 5.62. The number of hydrogen-bond donors (Lipinski definition) is 2. The average Bonchev–Trinajstić information content (AvgIpc) is 2.60. The molecular weight excluding hydrogens is 326 g/mol. The van der Waals surface area contributed by atoms with Crippen LogP contribution >= 0.6 is 0 Å². The normalized spacial score (nSPS) is 20.4. The van der Waals surface area contributed by atoms with Gasteiger partial charge in [0.2, 0.25) is 5.91 Å². The Bertz CT molecular complexity index is 687. The number of likely N-dealkylation sites (N-methyl/N-ethyl adjacent to an activating group) is 1. The summed E-state index contributed by atoms with van der Waals surface area (Å²) >= 11 is 0. The summed E-state index contributed by atoms with van der Waals surface area (Å²) in [4.78, 5) is 18.6. The lowest BCUT2D eigenvalue weighted by Gasteiger charge is -2.38. The molecule has 0 spiro atoms. The van der Waals surface area contributed by atoms with Crippen LogP contribution < -0.4 is 5.32 Å². The van der Waals surface area contributed by atoms with Crippen LogP contribution in [-0.4, -0.2) is 46.6 Å². The molecule has 1 heterocycles. The van der Waals surface area contributed by atoms with Crippen LogP contribution in [0.3, 0.4) is 0 Å². The van der Waals surface area contributed by atoms with Gasteiger partial charge in [-0.1, -0.05) is 30.3 Å². The molecule has 26 heavy (non-hydrogen) atoms. The minimum Gasteiger partial charge on any atom is -0.393 e. The second kappa shape index (κ2) is 8.92. The molecular formula is C21H27N3O2. The van der Waals surface area contributed by atoms with Crippen LogP contribution in [0.1, 0.15) is 24.0 Å². The first kappa shape index (κ1) is 18.5. The Hall–Kier alpha value is -2.24. The highest BCUT2D eigenvalue weighted by molar-refractivity contribution is 5.78. The molecule has 1 aliphatic carbocycles. The second-order valence-electron chi connectivity index (χ2n) is 7.28. The molecule has 1 saturated carbocycles. The van der Waals surface area contributed by atoms with Gasteiger partial charge in [0.15, 0.2) is 0 Å². The van der Waals surface area contributed by atoms with E-state index in [0.29, 0.717) is 12.5 Å². The van der Waals surface area contributed by atoms with E-state index < -0.39 is 0 Å². The molecule has 0 unspecified atom stereocenters. The van der Waals surface area contributed by atoms with Crippen LogP contribution in [0.5, 0.6) is 0 Å². The maximum atomic E-state index is 12.5. The molecule has 3 rings (SSSR count). The number of nitrogens with zero attached hydrogens (tertiary/aromatic N) is 2. The molecule has 0 aliphatic heterocycles. The zero-order valence-corrected chi connectivity index (χ0v) is 15.2. The van der Waals surface area contributed by atoms with E-state index in [1.54, 1.807) is 12.4 Å². The molecule has 1 aliphatic rings. The summed E-state index contributed by atoms with van der Waals surface area (Å²) in [6, 6.07) is 14.2. The lowest BCUT2D eigenvalue weighted by molar-refractivity contribution is -0.123. The predicted molar refractivity (Wildman–Crippen MR) is 101 cm³/mol. The van der Waals surface area contributed by atoms with E-state index in [-0.39, 0.29) is 18.1 Å². The first-order valence-electron chi connectivity index (χ1n) is 9.19. The van der Waals surface area contributed by atoms with Gasteiger partial charge >= 0.3 is 0 Å². The van der Waals surface area contributed by atoms with Gasteiger partial charge in [0.1, 0.15) is 0 Å². The summed E-state index contributed by atoms with van der Waals surface area (Å²) in [5.74, 6) is 0.366. The smallest absolute Gasteiger partial charge is 0.234 e. The third-order valence-electron chi connectivity index (χ3n) is 4.98. The van der Waals surface area contributed by atoms with E-state index in [2.05, 4.69) is 22.4 Å². The Kier molecular flexibility index (Phi) is 6.36. The number of aromatic nitrogens is 1. The number of pyridine rings is 1. The molecule has 5 nitrogen and oxygen atoms in total. The highest BCUT2D eigenvalue weighted by Crippen LogP contribution is 2.31. The number of aliphatic hydroxyl groups excluding tert-OH is 1. The van der Waals surface area contributed by atoms with E-state index in [4.69, 9.17) is 0 Å². The summed E-state index contributed by atoms with van der Waals surface area (Å²) in [6.45, 7) is 1.10. The fourth-order valence-electron chi connectivity index (χ4n) is 3.52. The zero-order chi connectivity index (χ0) is 18.4. The number of rotatable bonds is 8. The van der Waals surface area contributed by atoms with Crippen molar-refractivity contribution in [2.24, 2.45) is 5.92 Å². The van der Waals surface area contributed by atoms with Gasteiger partial charge in [-0.2, -0.15) is 0 Å². The van der Waals surface area contributed by atoms with Crippen LogP contribution in [0.25, 0.3) is 0 Å². The quantitative estimate of drug-likeness (QED) is 0.762. The van der Waals surface area contributed by atoms with Crippen LogP contribution in [0, 0.1) is 5.92 Å². The van der Waals surface area contributed by atoms with Crippen molar-refractivity contribution in [1.82, 2.24) is 15.2 Å². The van der Waals surface area contributed by atoms with Crippen molar-refractivity contribution in [1.29, 1.82) is 0 Å². The molecule has 1 atom stereocenters. The fraction of sp³-hybridized carbons (Fsp3) is 0.429. The Morgan fingerprint density at radius 1 is 1.19 bits per heavy atom. The first-order chi connectivity index (χ1) is 12.6. The van der Waals surface area contributed by atoms with Gasteiger partial charge in [0, 0.05) is 25.0 Å². The first-order valence-corrected chi connectivity index (χ1v) is 9.19. The highest BCUT2D eigenvalue weighted by atomic mass is 16.3. The zero-order valence-electron chi connectivity index (χ0n) is 15.2. The van der Waals surface area contributed by atoms with Gasteiger partial charge in [-0.3, -0.25) is 14.7 Å². The van der Waals surface area contributed by atoms with Gasteiger partial charge in [-0.25, -0.2) is 0 Å². The fourth-order valence-corrected chi connectivity index (χ4v) is 3.52. The molecule has 1 amide bonds. The average molecular weight is 353 g/mol. The van der Waals surface area contributed by atoms with E-state index in [9.17, 15) is 9.90 Å². The lowest BCUT2D eigenvalue weighted by Crippen LogP contribution is -2.50. The predicted octanol–water partition coefficient (Wildman–Crippen LogP) is 2.01. The van der Waals surface area contributed by atoms with E-state index >= 15 is 0 Å². The van der Waals surface area contributed by atoms with Crippen molar-refractivity contribution in [3.8, 4) is 0 Å². The van der Waals surface area contributed by atoms with Crippen LogP contribution in [0.15, 0.2) is 54.9 Å². The largest absolute Gasteiger partial charge is 0.393 e. The number of aliphatic hydroxyl groups is 1.